The summed E-state index contributed by atoms with van der Waals surface area (Å²) in [5.74, 6) is -0.394. The lowest BCUT2D eigenvalue weighted by atomic mass is 10.2. The fraction of sp³-hybridized carbons (Fsp3) is 0. The Bertz CT molecular complexity index is 309. The van der Waals surface area contributed by atoms with Crippen molar-refractivity contribution in [2.45, 2.75) is 4.90 Å². The summed E-state index contributed by atoms with van der Waals surface area (Å²) in [5, 5.41) is 8.42. The van der Waals surface area contributed by atoms with Gasteiger partial charge in [0.05, 0.1) is 15.2 Å². The molecule has 0 aromatic heterocycles. The second-order valence-corrected chi connectivity index (χ2v) is 3.46. The van der Waals surface area contributed by atoms with Gasteiger partial charge < -0.3 is 0 Å². The zero-order valence-corrected chi connectivity index (χ0v) is 8.36. The van der Waals surface area contributed by atoms with Gasteiger partial charge in [-0.3, -0.25) is 0 Å². The van der Waals surface area contributed by atoms with Gasteiger partial charge in [-0.05, 0) is 34.7 Å². The Hall–Kier alpha value is -0.280. The minimum Gasteiger partial charge on any atom is -0.206 e. The molecule has 0 fully saturated rings. The molecule has 0 aliphatic rings. The number of nitriles is 1. The summed E-state index contributed by atoms with van der Waals surface area (Å²) in [6, 6.07) is 4.58. The highest BCUT2D eigenvalue weighted by Crippen LogP contribution is 2.21. The molecule has 1 aromatic carbocycles. The van der Waals surface area contributed by atoms with Crippen molar-refractivity contribution in [1.29, 1.82) is 5.26 Å². The highest BCUT2D eigenvalue weighted by molar-refractivity contribution is 14.1. The largest absolute Gasteiger partial charge is 0.206 e. The molecule has 56 valence electrons. The lowest BCUT2D eigenvalue weighted by molar-refractivity contribution is 0.615. The maximum Gasteiger partial charge on any atom is 0.138 e. The van der Waals surface area contributed by atoms with Gasteiger partial charge in [-0.25, -0.2) is 4.39 Å². The molecular weight excluding hydrogens is 276 g/mol. The third-order valence-electron chi connectivity index (χ3n) is 1.14. The SMILES string of the molecule is N#Cc1cc(F)c(I)c(S)c1. The van der Waals surface area contributed by atoms with Crippen LogP contribution in [0.5, 0.6) is 0 Å². The van der Waals surface area contributed by atoms with Crippen molar-refractivity contribution in [3.63, 3.8) is 0 Å². The third kappa shape index (κ3) is 1.84. The van der Waals surface area contributed by atoms with Gasteiger partial charge in [-0.2, -0.15) is 5.26 Å². The van der Waals surface area contributed by atoms with Crippen molar-refractivity contribution in [3.05, 3.63) is 27.1 Å². The molecule has 0 radical (unpaired) electrons. The highest BCUT2D eigenvalue weighted by Gasteiger charge is 2.04. The van der Waals surface area contributed by atoms with Crippen LogP contribution in [0.3, 0.4) is 0 Å². The topological polar surface area (TPSA) is 23.8 Å². The summed E-state index contributed by atoms with van der Waals surface area (Å²) in [6.45, 7) is 0. The van der Waals surface area contributed by atoms with E-state index in [1.807, 2.05) is 28.7 Å². The van der Waals surface area contributed by atoms with Crippen LogP contribution in [-0.4, -0.2) is 0 Å². The molecule has 1 rings (SSSR count). The highest BCUT2D eigenvalue weighted by atomic mass is 127. The number of rotatable bonds is 0. The number of halogens is 2. The number of nitrogens with zero attached hydrogens (tertiary/aromatic N) is 1. The average Bonchev–Trinajstić information content (AvgIpc) is 1.99. The molecular formula is C7H3FINS. The van der Waals surface area contributed by atoms with Crippen molar-refractivity contribution < 1.29 is 4.39 Å². The Balaban J connectivity index is 3.35. The summed E-state index contributed by atoms with van der Waals surface area (Å²) in [7, 11) is 0. The predicted octanol–water partition coefficient (Wildman–Crippen LogP) is 2.59. The number of hydrogen-bond donors (Lipinski definition) is 1. The Kier molecular flexibility index (Phi) is 2.73. The Morgan fingerprint density at radius 2 is 2.18 bits per heavy atom. The van der Waals surface area contributed by atoms with E-state index in [0.717, 1.165) is 0 Å². The zero-order chi connectivity index (χ0) is 8.43. The first-order valence-electron chi connectivity index (χ1n) is 2.73. The number of thiol groups is 1. The van der Waals surface area contributed by atoms with Crippen LogP contribution in [0.1, 0.15) is 5.56 Å². The van der Waals surface area contributed by atoms with Gasteiger partial charge in [0.25, 0.3) is 0 Å². The minimum atomic E-state index is -0.394. The fourth-order valence-electron chi connectivity index (χ4n) is 0.639. The van der Waals surface area contributed by atoms with E-state index in [-0.39, 0.29) is 0 Å². The standard InChI is InChI=1S/C7H3FINS/c8-5-1-4(3-10)2-6(11)7(5)9/h1-2,11H. The van der Waals surface area contributed by atoms with Crippen LogP contribution in [0.25, 0.3) is 0 Å². The molecule has 0 amide bonds. The van der Waals surface area contributed by atoms with Crippen LogP contribution in [-0.2, 0) is 0 Å². The molecule has 1 nitrogen and oxygen atoms in total. The van der Waals surface area contributed by atoms with Gasteiger partial charge in [0.2, 0.25) is 0 Å². The average molecular weight is 279 g/mol. The summed E-state index contributed by atoms with van der Waals surface area (Å²) in [6.07, 6.45) is 0. The second-order valence-electron chi connectivity index (χ2n) is 1.90. The van der Waals surface area contributed by atoms with Crippen molar-refractivity contribution >= 4 is 35.2 Å². The molecule has 0 spiro atoms. The third-order valence-corrected chi connectivity index (χ3v) is 3.01. The number of benzene rings is 1. The van der Waals surface area contributed by atoms with Crippen LogP contribution >= 0.6 is 35.2 Å². The van der Waals surface area contributed by atoms with Crippen molar-refractivity contribution in [3.8, 4) is 6.07 Å². The molecule has 0 unspecified atom stereocenters. The van der Waals surface area contributed by atoms with Gasteiger partial charge in [0.15, 0.2) is 0 Å². The summed E-state index contributed by atoms with van der Waals surface area (Å²) >= 11 is 5.83. The fourth-order valence-corrected chi connectivity index (χ4v) is 1.20. The molecule has 4 heteroatoms. The molecule has 0 heterocycles. The van der Waals surface area contributed by atoms with E-state index in [1.165, 1.54) is 12.1 Å². The Labute approximate surface area is 82.8 Å². The molecule has 1 aromatic rings. The molecule has 0 aliphatic heterocycles. The normalized spacial score (nSPS) is 9.27. The number of hydrogen-bond acceptors (Lipinski definition) is 2. The van der Waals surface area contributed by atoms with Crippen molar-refractivity contribution in [2.24, 2.45) is 0 Å². The Morgan fingerprint density at radius 1 is 1.55 bits per heavy atom. The minimum absolute atomic E-state index is 0.299. The van der Waals surface area contributed by atoms with E-state index in [2.05, 4.69) is 12.6 Å². The molecule has 0 aliphatic carbocycles. The summed E-state index contributed by atoms with van der Waals surface area (Å²) in [4.78, 5) is 0.502. The first-order valence-corrected chi connectivity index (χ1v) is 4.26. The van der Waals surface area contributed by atoms with Crippen molar-refractivity contribution in [2.75, 3.05) is 0 Å². The Morgan fingerprint density at radius 3 is 2.64 bits per heavy atom. The molecule has 0 saturated carbocycles. The van der Waals surface area contributed by atoms with E-state index in [0.29, 0.717) is 14.0 Å². The first-order chi connectivity index (χ1) is 5.15. The monoisotopic (exact) mass is 279 g/mol. The van der Waals surface area contributed by atoms with E-state index < -0.39 is 5.82 Å². The van der Waals surface area contributed by atoms with Gasteiger partial charge in [0, 0.05) is 4.90 Å². The van der Waals surface area contributed by atoms with Crippen LogP contribution in [0.2, 0.25) is 0 Å². The van der Waals surface area contributed by atoms with Crippen LogP contribution < -0.4 is 0 Å². The van der Waals surface area contributed by atoms with E-state index in [4.69, 9.17) is 5.26 Å². The van der Waals surface area contributed by atoms with Gasteiger partial charge in [-0.1, -0.05) is 0 Å². The summed E-state index contributed by atoms with van der Waals surface area (Å²) < 4.78 is 13.3. The van der Waals surface area contributed by atoms with Crippen LogP contribution in [0, 0.1) is 20.7 Å². The molecule has 0 bridgehead atoms. The van der Waals surface area contributed by atoms with Gasteiger partial charge >= 0.3 is 0 Å². The maximum atomic E-state index is 12.8. The van der Waals surface area contributed by atoms with Crippen LogP contribution in [0.4, 0.5) is 4.39 Å². The van der Waals surface area contributed by atoms with E-state index in [1.54, 1.807) is 0 Å². The van der Waals surface area contributed by atoms with Crippen molar-refractivity contribution in [1.82, 2.24) is 0 Å². The molecule has 11 heavy (non-hydrogen) atoms. The lowest BCUT2D eigenvalue weighted by Crippen LogP contribution is -1.86. The maximum absolute atomic E-state index is 12.8. The smallest absolute Gasteiger partial charge is 0.138 e. The first kappa shape index (κ1) is 8.81. The van der Waals surface area contributed by atoms with Gasteiger partial charge in [-0.15, -0.1) is 12.6 Å². The zero-order valence-electron chi connectivity index (χ0n) is 5.31. The van der Waals surface area contributed by atoms with Gasteiger partial charge in [0.1, 0.15) is 5.82 Å². The molecule has 0 saturated heterocycles. The summed E-state index contributed by atoms with van der Waals surface area (Å²) in [5.41, 5.74) is 0.299. The molecule has 0 N–H and O–H groups in total. The van der Waals surface area contributed by atoms with Crippen LogP contribution in [0.15, 0.2) is 17.0 Å². The molecule has 0 atom stereocenters. The second kappa shape index (κ2) is 3.41. The lowest BCUT2D eigenvalue weighted by Gasteiger charge is -1.97. The van der Waals surface area contributed by atoms with E-state index in [9.17, 15) is 4.39 Å². The van der Waals surface area contributed by atoms with E-state index >= 15 is 0 Å². The predicted molar refractivity (Wildman–Crippen MR) is 51.1 cm³/mol. The quantitative estimate of drug-likeness (QED) is 0.572.